The van der Waals surface area contributed by atoms with Gasteiger partial charge in [0.15, 0.2) is 0 Å². The molecule has 0 saturated carbocycles. The molecule has 1 aromatic carbocycles. The first-order chi connectivity index (χ1) is 12.0. The maximum atomic E-state index is 12.5. The van der Waals surface area contributed by atoms with E-state index in [2.05, 4.69) is 21.2 Å². The highest BCUT2D eigenvalue weighted by atomic mass is 79.9. The number of benzene rings is 1. The molecule has 130 valence electrons. The van der Waals surface area contributed by atoms with E-state index in [-0.39, 0.29) is 18.2 Å². The number of thiophene rings is 1. The van der Waals surface area contributed by atoms with Crippen molar-refractivity contribution < 1.29 is 19.1 Å². The Labute approximate surface area is 156 Å². The smallest absolute Gasteiger partial charge is 0.350 e. The van der Waals surface area contributed by atoms with E-state index >= 15 is 0 Å². The van der Waals surface area contributed by atoms with E-state index in [9.17, 15) is 14.4 Å². The minimum atomic E-state index is -0.497. The highest BCUT2D eigenvalue weighted by Crippen LogP contribution is 2.29. The number of anilines is 2. The van der Waals surface area contributed by atoms with Crippen molar-refractivity contribution in [2.24, 2.45) is 5.92 Å². The number of methoxy groups -OCH3 is 1. The molecule has 1 fully saturated rings. The molecule has 2 amide bonds. The number of carbonyl (C=O) groups excluding carboxylic acids is 3. The van der Waals surface area contributed by atoms with Crippen LogP contribution in [-0.2, 0) is 14.3 Å². The van der Waals surface area contributed by atoms with Crippen molar-refractivity contribution in [1.82, 2.24) is 0 Å². The predicted molar refractivity (Wildman–Crippen MR) is 98.9 cm³/mol. The third-order valence-electron chi connectivity index (χ3n) is 3.91. The molecule has 1 unspecified atom stereocenters. The molecule has 1 N–H and O–H groups in total. The van der Waals surface area contributed by atoms with Gasteiger partial charge in [0.2, 0.25) is 11.8 Å². The molecule has 1 aromatic heterocycles. The lowest BCUT2D eigenvalue weighted by molar-refractivity contribution is -0.122. The van der Waals surface area contributed by atoms with Gasteiger partial charge in [-0.2, -0.15) is 0 Å². The number of hydrogen-bond donors (Lipinski definition) is 1. The minimum absolute atomic E-state index is 0.100. The average Bonchev–Trinajstić information content (AvgIpc) is 3.20. The van der Waals surface area contributed by atoms with Crippen LogP contribution >= 0.6 is 27.3 Å². The minimum Gasteiger partial charge on any atom is -0.465 e. The number of rotatable bonds is 4. The Kier molecular flexibility index (Phi) is 5.19. The monoisotopic (exact) mass is 422 g/mol. The molecule has 0 aliphatic carbocycles. The maximum absolute atomic E-state index is 12.5. The third-order valence-corrected chi connectivity index (χ3v) is 5.30. The zero-order valence-electron chi connectivity index (χ0n) is 13.3. The van der Waals surface area contributed by atoms with E-state index < -0.39 is 11.9 Å². The lowest BCUT2D eigenvalue weighted by Gasteiger charge is -2.17. The lowest BCUT2D eigenvalue weighted by Crippen LogP contribution is -2.28. The standard InChI is InChI=1S/C17H15BrN2O4S/c1-24-17(23)15-13(5-6-25-15)19-16(22)10-7-14(21)20(9-10)12-4-2-3-11(18)8-12/h2-6,8,10H,7,9H2,1H3,(H,19,22). The van der Waals surface area contributed by atoms with Crippen LogP contribution < -0.4 is 10.2 Å². The van der Waals surface area contributed by atoms with Crippen LogP contribution in [-0.4, -0.2) is 31.4 Å². The first-order valence-electron chi connectivity index (χ1n) is 7.52. The molecule has 2 aromatic rings. The number of ether oxygens (including phenoxy) is 1. The van der Waals surface area contributed by atoms with Crippen LogP contribution in [0.3, 0.4) is 0 Å². The molecule has 0 radical (unpaired) electrons. The van der Waals surface area contributed by atoms with Crippen LogP contribution in [0.1, 0.15) is 16.1 Å². The summed E-state index contributed by atoms with van der Waals surface area (Å²) in [6, 6.07) is 9.04. The number of carbonyl (C=O) groups is 3. The number of amides is 2. The van der Waals surface area contributed by atoms with E-state index in [1.807, 2.05) is 24.3 Å². The molecule has 0 bridgehead atoms. The number of nitrogens with zero attached hydrogens (tertiary/aromatic N) is 1. The van der Waals surface area contributed by atoms with Crippen molar-refractivity contribution in [2.75, 3.05) is 23.9 Å². The summed E-state index contributed by atoms with van der Waals surface area (Å²) in [5.41, 5.74) is 1.16. The van der Waals surface area contributed by atoms with Gasteiger partial charge in [0.25, 0.3) is 0 Å². The summed E-state index contributed by atoms with van der Waals surface area (Å²) < 4.78 is 5.57. The zero-order valence-corrected chi connectivity index (χ0v) is 15.7. The quantitative estimate of drug-likeness (QED) is 0.766. The average molecular weight is 423 g/mol. The van der Waals surface area contributed by atoms with Gasteiger partial charge < -0.3 is 15.0 Å². The van der Waals surface area contributed by atoms with E-state index in [1.54, 1.807) is 16.3 Å². The third kappa shape index (κ3) is 3.74. The van der Waals surface area contributed by atoms with Gasteiger partial charge in [-0.25, -0.2) is 4.79 Å². The highest BCUT2D eigenvalue weighted by Gasteiger charge is 2.35. The summed E-state index contributed by atoms with van der Waals surface area (Å²) in [7, 11) is 1.29. The molecule has 1 aliphatic rings. The lowest BCUT2D eigenvalue weighted by atomic mass is 10.1. The molecule has 2 heterocycles. The summed E-state index contributed by atoms with van der Waals surface area (Å²) in [4.78, 5) is 38.4. The number of esters is 1. The maximum Gasteiger partial charge on any atom is 0.350 e. The molecule has 1 saturated heterocycles. The topological polar surface area (TPSA) is 75.7 Å². The molecule has 3 rings (SSSR count). The Bertz CT molecular complexity index is 836. The summed E-state index contributed by atoms with van der Waals surface area (Å²) in [5, 5.41) is 4.44. The first kappa shape index (κ1) is 17.6. The summed E-state index contributed by atoms with van der Waals surface area (Å²) in [5.74, 6) is -1.36. The van der Waals surface area contributed by atoms with Crippen LogP contribution in [0.25, 0.3) is 0 Å². The molecular weight excluding hydrogens is 408 g/mol. The van der Waals surface area contributed by atoms with Gasteiger partial charge in [0, 0.05) is 23.1 Å². The molecule has 1 aliphatic heterocycles. The van der Waals surface area contributed by atoms with Crippen molar-refractivity contribution in [3.8, 4) is 0 Å². The first-order valence-corrected chi connectivity index (χ1v) is 9.19. The number of nitrogens with one attached hydrogen (secondary N) is 1. The molecule has 0 spiro atoms. The number of halogens is 1. The van der Waals surface area contributed by atoms with Crippen LogP contribution in [0, 0.1) is 5.92 Å². The van der Waals surface area contributed by atoms with Crippen molar-refractivity contribution in [3.63, 3.8) is 0 Å². The van der Waals surface area contributed by atoms with E-state index in [0.717, 1.165) is 10.2 Å². The molecule has 1 atom stereocenters. The Morgan fingerprint density at radius 2 is 2.16 bits per heavy atom. The van der Waals surface area contributed by atoms with Gasteiger partial charge >= 0.3 is 5.97 Å². The van der Waals surface area contributed by atoms with Gasteiger partial charge in [0.1, 0.15) is 4.88 Å². The van der Waals surface area contributed by atoms with Crippen molar-refractivity contribution >= 4 is 56.4 Å². The molecule has 8 heteroatoms. The zero-order chi connectivity index (χ0) is 18.0. The fourth-order valence-corrected chi connectivity index (χ4v) is 3.82. The van der Waals surface area contributed by atoms with Gasteiger partial charge in [-0.15, -0.1) is 11.3 Å². The van der Waals surface area contributed by atoms with Gasteiger partial charge in [0.05, 0.1) is 18.7 Å². The second kappa shape index (κ2) is 7.37. The predicted octanol–water partition coefficient (Wildman–Crippen LogP) is 3.29. The Morgan fingerprint density at radius 1 is 1.36 bits per heavy atom. The van der Waals surface area contributed by atoms with E-state index in [4.69, 9.17) is 4.74 Å². The largest absolute Gasteiger partial charge is 0.465 e. The van der Waals surface area contributed by atoms with Crippen LogP contribution in [0.2, 0.25) is 0 Å². The van der Waals surface area contributed by atoms with Gasteiger partial charge in [-0.05, 0) is 29.6 Å². The normalized spacial score (nSPS) is 16.8. The molecular formula is C17H15BrN2O4S. The fraction of sp³-hybridized carbons (Fsp3) is 0.235. The molecule has 25 heavy (non-hydrogen) atoms. The highest BCUT2D eigenvalue weighted by molar-refractivity contribution is 9.10. The van der Waals surface area contributed by atoms with E-state index in [0.29, 0.717) is 17.1 Å². The summed E-state index contributed by atoms with van der Waals surface area (Å²) in [6.07, 6.45) is 0.135. The Hall–Kier alpha value is -2.19. The second-order valence-electron chi connectivity index (χ2n) is 5.53. The number of hydrogen-bond acceptors (Lipinski definition) is 5. The summed E-state index contributed by atoms with van der Waals surface area (Å²) >= 11 is 4.58. The van der Waals surface area contributed by atoms with E-state index in [1.165, 1.54) is 18.4 Å². The Balaban J connectivity index is 1.71. The van der Waals surface area contributed by atoms with Gasteiger partial charge in [-0.1, -0.05) is 22.0 Å². The van der Waals surface area contributed by atoms with Crippen LogP contribution in [0.15, 0.2) is 40.2 Å². The summed E-state index contributed by atoms with van der Waals surface area (Å²) in [6.45, 7) is 0.304. The fourth-order valence-electron chi connectivity index (χ4n) is 2.67. The van der Waals surface area contributed by atoms with Crippen LogP contribution in [0.4, 0.5) is 11.4 Å². The molecule has 6 nitrogen and oxygen atoms in total. The Morgan fingerprint density at radius 3 is 2.88 bits per heavy atom. The van der Waals surface area contributed by atoms with Crippen molar-refractivity contribution in [2.45, 2.75) is 6.42 Å². The SMILES string of the molecule is COC(=O)c1sccc1NC(=O)C1CC(=O)N(c2cccc(Br)c2)C1. The van der Waals surface area contributed by atoms with Crippen molar-refractivity contribution in [3.05, 3.63) is 45.1 Å². The van der Waals surface area contributed by atoms with Crippen molar-refractivity contribution in [1.29, 1.82) is 0 Å². The second-order valence-corrected chi connectivity index (χ2v) is 7.36. The van der Waals surface area contributed by atoms with Crippen LogP contribution in [0.5, 0.6) is 0 Å². The van der Waals surface area contributed by atoms with Gasteiger partial charge in [-0.3, -0.25) is 9.59 Å².